The van der Waals surface area contributed by atoms with Gasteiger partial charge in [0.05, 0.1) is 12.0 Å². The van der Waals surface area contributed by atoms with Gasteiger partial charge in [-0.1, -0.05) is 96.6 Å². The largest absolute Gasteiger partial charge is 0.318 e. The minimum atomic E-state index is -0.496. The lowest BCUT2D eigenvalue weighted by Gasteiger charge is -2.37. The summed E-state index contributed by atoms with van der Waals surface area (Å²) in [5, 5.41) is 0. The highest BCUT2D eigenvalue weighted by atomic mass is 15.1. The zero-order valence-electron chi connectivity index (χ0n) is 16.3. The quantitative estimate of drug-likeness (QED) is 0.389. The lowest BCUT2D eigenvalue weighted by molar-refractivity contribution is 0.514. The van der Waals surface area contributed by atoms with Gasteiger partial charge in [-0.2, -0.15) is 0 Å². The van der Waals surface area contributed by atoms with E-state index in [-0.39, 0.29) is 0 Å². The van der Waals surface area contributed by atoms with Crippen molar-refractivity contribution in [3.8, 4) is 0 Å². The van der Waals surface area contributed by atoms with Crippen LogP contribution in [0.25, 0.3) is 6.08 Å². The van der Waals surface area contributed by atoms with Crippen LogP contribution in [0.5, 0.6) is 0 Å². The number of hydrogen-bond acceptors (Lipinski definition) is 1. The molecular formula is C26H24N2. The topological polar surface area (TPSA) is 17.8 Å². The second-order valence-electron chi connectivity index (χ2n) is 7.24. The lowest BCUT2D eigenvalue weighted by Crippen LogP contribution is -2.36. The summed E-state index contributed by atoms with van der Waals surface area (Å²) in [6.07, 6.45) is 6.20. The molecule has 0 aliphatic carbocycles. The number of rotatable bonds is 5. The molecule has 0 aliphatic rings. The molecule has 28 heavy (non-hydrogen) atoms. The van der Waals surface area contributed by atoms with Crippen molar-refractivity contribution in [3.63, 3.8) is 0 Å². The van der Waals surface area contributed by atoms with Crippen LogP contribution in [0.3, 0.4) is 0 Å². The number of imidazole rings is 1. The molecule has 4 rings (SSSR count). The molecule has 138 valence electrons. The molecular weight excluding hydrogens is 340 g/mol. The minimum absolute atomic E-state index is 0.496. The van der Waals surface area contributed by atoms with Crippen molar-refractivity contribution in [1.82, 2.24) is 9.55 Å². The minimum Gasteiger partial charge on any atom is -0.318 e. The van der Waals surface area contributed by atoms with E-state index in [4.69, 9.17) is 0 Å². The molecule has 0 unspecified atom stereocenters. The van der Waals surface area contributed by atoms with Crippen LogP contribution in [0.4, 0.5) is 0 Å². The van der Waals surface area contributed by atoms with E-state index in [1.807, 2.05) is 6.33 Å². The zero-order valence-corrected chi connectivity index (χ0v) is 16.3. The Hall–Kier alpha value is -3.39. The Bertz CT molecular complexity index is 960. The second-order valence-corrected chi connectivity index (χ2v) is 7.24. The van der Waals surface area contributed by atoms with Crippen molar-refractivity contribution in [3.05, 3.63) is 131 Å². The van der Waals surface area contributed by atoms with Crippen molar-refractivity contribution in [1.29, 1.82) is 0 Å². The maximum Gasteiger partial charge on any atom is 0.121 e. The van der Waals surface area contributed by atoms with Crippen LogP contribution >= 0.6 is 0 Å². The maximum absolute atomic E-state index is 4.69. The fraction of sp³-hybridized carbons (Fsp3) is 0.115. The molecule has 0 aliphatic heterocycles. The Labute approximate surface area is 166 Å². The van der Waals surface area contributed by atoms with Crippen molar-refractivity contribution in [2.75, 3.05) is 0 Å². The first-order valence-corrected chi connectivity index (χ1v) is 9.57. The molecule has 0 atom stereocenters. The van der Waals surface area contributed by atoms with Crippen LogP contribution in [0.2, 0.25) is 0 Å². The Kier molecular flexibility index (Phi) is 4.94. The van der Waals surface area contributed by atoms with Gasteiger partial charge in [-0.05, 0) is 36.6 Å². The summed E-state index contributed by atoms with van der Waals surface area (Å²) in [5.41, 5.74) is 5.31. The molecule has 0 fully saturated rings. The van der Waals surface area contributed by atoms with E-state index >= 15 is 0 Å². The van der Waals surface area contributed by atoms with Gasteiger partial charge in [0, 0.05) is 6.20 Å². The monoisotopic (exact) mass is 364 g/mol. The summed E-state index contributed by atoms with van der Waals surface area (Å²) in [6, 6.07) is 32.0. The third kappa shape index (κ3) is 3.18. The molecule has 0 saturated carbocycles. The Morgan fingerprint density at radius 1 is 0.714 bits per heavy atom. The molecule has 0 radical (unpaired) electrons. The van der Waals surface area contributed by atoms with Gasteiger partial charge in [0.2, 0.25) is 0 Å². The SMILES string of the molecule is CC(C)=Cc1cn(C(c2ccccc2)(c2ccccc2)c2ccccc2)cn1. The second kappa shape index (κ2) is 7.69. The normalized spacial score (nSPS) is 11.2. The molecule has 3 aromatic carbocycles. The third-order valence-corrected chi connectivity index (χ3v) is 5.00. The van der Waals surface area contributed by atoms with Gasteiger partial charge in [0.15, 0.2) is 0 Å². The molecule has 0 bridgehead atoms. The molecule has 0 N–H and O–H groups in total. The zero-order chi connectivity index (χ0) is 19.4. The van der Waals surface area contributed by atoms with E-state index < -0.39 is 5.54 Å². The predicted molar refractivity (Wildman–Crippen MR) is 116 cm³/mol. The van der Waals surface area contributed by atoms with E-state index in [1.165, 1.54) is 22.3 Å². The Balaban J connectivity index is 2.07. The van der Waals surface area contributed by atoms with E-state index in [1.54, 1.807) is 0 Å². The first-order chi connectivity index (χ1) is 13.7. The Morgan fingerprint density at radius 3 is 1.54 bits per heavy atom. The highest BCUT2D eigenvalue weighted by Gasteiger charge is 2.38. The molecule has 2 heteroatoms. The average Bonchev–Trinajstić information content (AvgIpc) is 3.19. The predicted octanol–water partition coefficient (Wildman–Crippen LogP) is 6.15. The van der Waals surface area contributed by atoms with E-state index in [0.29, 0.717) is 0 Å². The fourth-order valence-corrected chi connectivity index (χ4v) is 3.88. The summed E-state index contributed by atoms with van der Waals surface area (Å²) in [5.74, 6) is 0. The third-order valence-electron chi connectivity index (χ3n) is 5.00. The molecule has 1 aromatic heterocycles. The van der Waals surface area contributed by atoms with Crippen LogP contribution in [-0.4, -0.2) is 9.55 Å². The molecule has 0 saturated heterocycles. The van der Waals surface area contributed by atoms with Gasteiger partial charge in [-0.25, -0.2) is 4.98 Å². The van der Waals surface area contributed by atoms with Crippen molar-refractivity contribution < 1.29 is 0 Å². The van der Waals surface area contributed by atoms with Crippen molar-refractivity contribution >= 4 is 6.08 Å². The smallest absolute Gasteiger partial charge is 0.121 e. The molecule has 0 spiro atoms. The number of benzene rings is 3. The summed E-state index contributed by atoms with van der Waals surface area (Å²) in [7, 11) is 0. The van der Waals surface area contributed by atoms with Gasteiger partial charge in [-0.3, -0.25) is 0 Å². The first kappa shape index (κ1) is 18.0. The number of hydrogen-bond donors (Lipinski definition) is 0. The molecule has 0 amide bonds. The average molecular weight is 364 g/mol. The van der Waals surface area contributed by atoms with Crippen LogP contribution in [-0.2, 0) is 5.54 Å². The number of nitrogens with zero attached hydrogens (tertiary/aromatic N) is 2. The van der Waals surface area contributed by atoms with Gasteiger partial charge < -0.3 is 4.57 Å². The maximum atomic E-state index is 4.69. The summed E-state index contributed by atoms with van der Waals surface area (Å²) < 4.78 is 2.24. The van der Waals surface area contributed by atoms with Crippen LogP contribution in [0, 0.1) is 0 Å². The van der Waals surface area contributed by atoms with Crippen LogP contribution < -0.4 is 0 Å². The standard InChI is InChI=1S/C26H24N2/c1-21(2)18-25-19-28(20-27-25)26(22-12-6-3-7-13-22,23-14-8-4-9-15-23)24-16-10-5-11-17-24/h3-20H,1-2H3. The molecule has 4 aromatic rings. The Morgan fingerprint density at radius 2 is 1.14 bits per heavy atom. The highest BCUT2D eigenvalue weighted by molar-refractivity contribution is 5.52. The van der Waals surface area contributed by atoms with Crippen LogP contribution in [0.1, 0.15) is 36.2 Å². The van der Waals surface area contributed by atoms with E-state index in [0.717, 1.165) is 5.69 Å². The molecule has 2 nitrogen and oxygen atoms in total. The van der Waals surface area contributed by atoms with Crippen molar-refractivity contribution in [2.24, 2.45) is 0 Å². The van der Waals surface area contributed by atoms with Gasteiger partial charge in [0.1, 0.15) is 5.54 Å². The lowest BCUT2D eigenvalue weighted by atomic mass is 9.77. The summed E-state index contributed by atoms with van der Waals surface area (Å²) in [4.78, 5) is 4.69. The molecule has 1 heterocycles. The fourth-order valence-electron chi connectivity index (χ4n) is 3.88. The van der Waals surface area contributed by atoms with Crippen molar-refractivity contribution in [2.45, 2.75) is 19.4 Å². The summed E-state index contributed by atoms with van der Waals surface area (Å²) >= 11 is 0. The van der Waals surface area contributed by atoms with Gasteiger partial charge in [0.25, 0.3) is 0 Å². The van der Waals surface area contributed by atoms with E-state index in [9.17, 15) is 0 Å². The number of aromatic nitrogens is 2. The van der Waals surface area contributed by atoms with Gasteiger partial charge in [-0.15, -0.1) is 0 Å². The van der Waals surface area contributed by atoms with E-state index in [2.05, 4.69) is 127 Å². The van der Waals surface area contributed by atoms with Gasteiger partial charge >= 0.3 is 0 Å². The summed E-state index contributed by atoms with van der Waals surface area (Å²) in [6.45, 7) is 4.19. The highest BCUT2D eigenvalue weighted by Crippen LogP contribution is 2.40. The van der Waals surface area contributed by atoms with Crippen LogP contribution in [0.15, 0.2) is 109 Å². The number of allylic oxidation sites excluding steroid dienone is 1. The first-order valence-electron chi connectivity index (χ1n) is 9.57.